The van der Waals surface area contributed by atoms with E-state index in [1.807, 2.05) is 43.0 Å². The van der Waals surface area contributed by atoms with Gasteiger partial charge in [-0.3, -0.25) is 4.79 Å². The van der Waals surface area contributed by atoms with E-state index in [1.165, 1.54) is 5.57 Å². The van der Waals surface area contributed by atoms with Gasteiger partial charge in [0, 0.05) is 18.1 Å². The molecule has 21 heavy (non-hydrogen) atoms. The molecule has 1 aliphatic rings. The highest BCUT2D eigenvalue weighted by molar-refractivity contribution is 6.30. The van der Waals surface area contributed by atoms with Crippen LogP contribution < -0.4 is 5.73 Å². The summed E-state index contributed by atoms with van der Waals surface area (Å²) in [4.78, 5) is 14.0. The second-order valence-corrected chi connectivity index (χ2v) is 5.46. The minimum Gasteiger partial charge on any atom is -0.337 e. The summed E-state index contributed by atoms with van der Waals surface area (Å²) in [7, 11) is 0. The van der Waals surface area contributed by atoms with Crippen molar-refractivity contribution >= 4 is 17.5 Å². The second kappa shape index (κ2) is 8.85. The highest BCUT2D eigenvalue weighted by atomic mass is 35.5. The van der Waals surface area contributed by atoms with Gasteiger partial charge in [0.25, 0.3) is 0 Å². The standard InChI is InChI=1S/C15H19ClN2O.C2H6/c1-11-6-8-18(9-7-11)15(19)14(17)10-12-2-4-13(16)5-3-12;1-2/h2-6,14H,7-10,17H2,1H3;1-2H3. The average molecular weight is 309 g/mol. The number of carbonyl (C=O) groups is 1. The molecule has 0 fully saturated rings. The SMILES string of the molecule is CC.CC1=CCN(C(=O)C(N)Cc2ccc(Cl)cc2)CC1. The normalized spacial score (nSPS) is 15.7. The molecule has 1 aromatic rings. The summed E-state index contributed by atoms with van der Waals surface area (Å²) >= 11 is 5.83. The van der Waals surface area contributed by atoms with Gasteiger partial charge < -0.3 is 10.6 Å². The lowest BCUT2D eigenvalue weighted by molar-refractivity contribution is -0.132. The predicted octanol–water partition coefficient (Wildman–Crippen LogP) is 3.41. The zero-order valence-electron chi connectivity index (χ0n) is 13.1. The van der Waals surface area contributed by atoms with Crippen LogP contribution in [0.15, 0.2) is 35.9 Å². The zero-order chi connectivity index (χ0) is 15.8. The lowest BCUT2D eigenvalue weighted by Crippen LogP contribution is -2.46. The van der Waals surface area contributed by atoms with E-state index in [1.54, 1.807) is 0 Å². The van der Waals surface area contributed by atoms with Crippen LogP contribution >= 0.6 is 11.6 Å². The van der Waals surface area contributed by atoms with Crippen molar-refractivity contribution in [3.05, 3.63) is 46.5 Å². The lowest BCUT2D eigenvalue weighted by Gasteiger charge is -2.28. The average Bonchev–Trinajstić information content (AvgIpc) is 2.51. The van der Waals surface area contributed by atoms with Gasteiger partial charge in [-0.25, -0.2) is 0 Å². The minimum absolute atomic E-state index is 0.0266. The Balaban J connectivity index is 0.00000106. The van der Waals surface area contributed by atoms with Crippen molar-refractivity contribution in [3.63, 3.8) is 0 Å². The van der Waals surface area contributed by atoms with Crippen LogP contribution in [0, 0.1) is 0 Å². The molecule has 3 nitrogen and oxygen atoms in total. The summed E-state index contributed by atoms with van der Waals surface area (Å²) in [5, 5.41) is 0.695. The first-order chi connectivity index (χ1) is 10.1. The van der Waals surface area contributed by atoms with E-state index in [0.717, 1.165) is 18.5 Å². The van der Waals surface area contributed by atoms with Crippen LogP contribution in [-0.2, 0) is 11.2 Å². The van der Waals surface area contributed by atoms with Gasteiger partial charge >= 0.3 is 0 Å². The van der Waals surface area contributed by atoms with Crippen LogP contribution in [0.5, 0.6) is 0 Å². The predicted molar refractivity (Wildman–Crippen MR) is 89.4 cm³/mol. The largest absolute Gasteiger partial charge is 0.337 e. The third-order valence-corrected chi connectivity index (χ3v) is 3.69. The number of hydrogen-bond acceptors (Lipinski definition) is 2. The summed E-state index contributed by atoms with van der Waals surface area (Å²) in [6, 6.07) is 6.99. The molecule has 1 atom stereocenters. The molecule has 1 aliphatic heterocycles. The summed E-state index contributed by atoms with van der Waals surface area (Å²) in [5.41, 5.74) is 8.39. The van der Waals surface area contributed by atoms with Gasteiger partial charge in [0.1, 0.15) is 0 Å². The van der Waals surface area contributed by atoms with Crippen molar-refractivity contribution in [1.29, 1.82) is 0 Å². The second-order valence-electron chi connectivity index (χ2n) is 5.02. The third-order valence-electron chi connectivity index (χ3n) is 3.43. The first-order valence-electron chi connectivity index (χ1n) is 7.50. The fourth-order valence-electron chi connectivity index (χ4n) is 2.17. The Kier molecular flexibility index (Phi) is 7.48. The van der Waals surface area contributed by atoms with Gasteiger partial charge in [0.05, 0.1) is 6.04 Å². The number of halogens is 1. The van der Waals surface area contributed by atoms with Crippen LogP contribution in [-0.4, -0.2) is 29.9 Å². The van der Waals surface area contributed by atoms with E-state index in [9.17, 15) is 4.79 Å². The number of benzene rings is 1. The molecule has 0 bridgehead atoms. The van der Waals surface area contributed by atoms with Gasteiger partial charge in [-0.1, -0.05) is 49.2 Å². The van der Waals surface area contributed by atoms with Crippen molar-refractivity contribution in [2.24, 2.45) is 5.73 Å². The molecule has 2 rings (SSSR count). The van der Waals surface area contributed by atoms with E-state index >= 15 is 0 Å². The molecule has 1 heterocycles. The molecule has 1 unspecified atom stereocenters. The number of carbonyl (C=O) groups excluding carboxylic acids is 1. The first kappa shape index (κ1) is 17.7. The third kappa shape index (κ3) is 5.52. The number of nitrogens with zero attached hydrogens (tertiary/aromatic N) is 1. The lowest BCUT2D eigenvalue weighted by atomic mass is 10.0. The smallest absolute Gasteiger partial charge is 0.240 e. The molecule has 0 saturated carbocycles. The van der Waals surface area contributed by atoms with Crippen molar-refractivity contribution in [2.75, 3.05) is 13.1 Å². The number of nitrogens with two attached hydrogens (primary N) is 1. The zero-order valence-corrected chi connectivity index (χ0v) is 13.9. The molecule has 0 saturated heterocycles. The quantitative estimate of drug-likeness (QED) is 0.870. The maximum absolute atomic E-state index is 12.2. The Morgan fingerprint density at radius 2 is 1.95 bits per heavy atom. The topological polar surface area (TPSA) is 46.3 Å². The Bertz CT molecular complexity index is 482. The number of amides is 1. The summed E-state index contributed by atoms with van der Waals surface area (Å²) in [6.07, 6.45) is 3.59. The van der Waals surface area contributed by atoms with Gasteiger partial charge in [0.2, 0.25) is 5.91 Å². The summed E-state index contributed by atoms with van der Waals surface area (Å²) in [6.45, 7) is 7.55. The van der Waals surface area contributed by atoms with Crippen LogP contribution in [0.1, 0.15) is 32.8 Å². The molecule has 1 amide bonds. The van der Waals surface area contributed by atoms with Gasteiger partial charge in [-0.05, 0) is 37.5 Å². The molecule has 116 valence electrons. The monoisotopic (exact) mass is 308 g/mol. The van der Waals surface area contributed by atoms with E-state index in [2.05, 4.69) is 13.0 Å². The van der Waals surface area contributed by atoms with Crippen molar-refractivity contribution in [2.45, 2.75) is 39.7 Å². The Morgan fingerprint density at radius 3 is 2.48 bits per heavy atom. The van der Waals surface area contributed by atoms with E-state index in [-0.39, 0.29) is 5.91 Å². The van der Waals surface area contributed by atoms with Crippen molar-refractivity contribution in [3.8, 4) is 0 Å². The van der Waals surface area contributed by atoms with E-state index in [4.69, 9.17) is 17.3 Å². The maximum atomic E-state index is 12.2. The van der Waals surface area contributed by atoms with Gasteiger partial charge in [-0.2, -0.15) is 0 Å². The summed E-state index contributed by atoms with van der Waals surface area (Å²) in [5.74, 6) is 0.0266. The molecule has 0 radical (unpaired) electrons. The van der Waals surface area contributed by atoms with Crippen LogP contribution in [0.2, 0.25) is 5.02 Å². The highest BCUT2D eigenvalue weighted by Gasteiger charge is 2.22. The minimum atomic E-state index is -0.479. The molecule has 0 aromatic heterocycles. The molecular weight excluding hydrogens is 284 g/mol. The molecular formula is C17H25ClN2O. The van der Waals surface area contributed by atoms with Crippen LogP contribution in [0.3, 0.4) is 0 Å². The van der Waals surface area contributed by atoms with E-state index < -0.39 is 6.04 Å². The molecule has 1 aromatic carbocycles. The first-order valence-corrected chi connectivity index (χ1v) is 7.88. The molecule has 0 spiro atoms. The Hall–Kier alpha value is -1.32. The molecule has 2 N–H and O–H groups in total. The Morgan fingerprint density at radius 1 is 1.33 bits per heavy atom. The van der Waals surface area contributed by atoms with Gasteiger partial charge in [0.15, 0.2) is 0 Å². The number of rotatable bonds is 3. The Labute approximate surface area is 132 Å². The molecule has 4 heteroatoms. The van der Waals surface area contributed by atoms with Crippen molar-refractivity contribution in [1.82, 2.24) is 4.90 Å². The van der Waals surface area contributed by atoms with Crippen LogP contribution in [0.25, 0.3) is 0 Å². The van der Waals surface area contributed by atoms with Gasteiger partial charge in [-0.15, -0.1) is 0 Å². The van der Waals surface area contributed by atoms with E-state index in [0.29, 0.717) is 18.0 Å². The van der Waals surface area contributed by atoms with Crippen LogP contribution in [0.4, 0.5) is 0 Å². The summed E-state index contributed by atoms with van der Waals surface area (Å²) < 4.78 is 0. The highest BCUT2D eigenvalue weighted by Crippen LogP contribution is 2.13. The molecule has 0 aliphatic carbocycles. The maximum Gasteiger partial charge on any atom is 0.240 e. The van der Waals surface area contributed by atoms with Crippen molar-refractivity contribution < 1.29 is 4.79 Å². The number of hydrogen-bond donors (Lipinski definition) is 1. The fourth-order valence-corrected chi connectivity index (χ4v) is 2.29. The fraction of sp³-hybridized carbons (Fsp3) is 0.471.